The fourth-order valence-electron chi connectivity index (χ4n) is 4.38. The van der Waals surface area contributed by atoms with Crippen LogP contribution in [0.1, 0.15) is 25.7 Å². The van der Waals surface area contributed by atoms with Gasteiger partial charge in [-0.25, -0.2) is 18.6 Å². The number of nitrogens with zero attached hydrogens (tertiary/aromatic N) is 2. The predicted octanol–water partition coefficient (Wildman–Crippen LogP) is 3.31. The summed E-state index contributed by atoms with van der Waals surface area (Å²) in [6.07, 6.45) is 2.89. The predicted molar refractivity (Wildman–Crippen MR) is 112 cm³/mol. The van der Waals surface area contributed by atoms with Gasteiger partial charge in [0.1, 0.15) is 29.5 Å². The first kappa shape index (κ1) is 20.1. The number of imidazole rings is 1. The lowest BCUT2D eigenvalue weighted by atomic mass is 9.98. The Kier molecular flexibility index (Phi) is 4.65. The molecule has 3 aromatic rings. The molecule has 4 amide bonds. The van der Waals surface area contributed by atoms with Crippen LogP contribution in [0.2, 0.25) is 0 Å². The summed E-state index contributed by atoms with van der Waals surface area (Å²) in [6, 6.07) is 7.33. The maximum atomic E-state index is 14.1. The summed E-state index contributed by atoms with van der Waals surface area (Å²) in [7, 11) is 0. The number of hydrogen-bond acceptors (Lipinski definition) is 4. The van der Waals surface area contributed by atoms with Crippen molar-refractivity contribution in [2.45, 2.75) is 31.2 Å². The Bertz CT molecular complexity index is 1270. The number of hydrogen-bond donors (Lipinski definition) is 3. The van der Waals surface area contributed by atoms with Gasteiger partial charge in [-0.1, -0.05) is 12.8 Å². The quantitative estimate of drug-likeness (QED) is 0.542. The molecule has 1 saturated heterocycles. The van der Waals surface area contributed by atoms with Gasteiger partial charge in [-0.15, -0.1) is 0 Å². The van der Waals surface area contributed by atoms with Crippen molar-refractivity contribution >= 4 is 34.6 Å². The summed E-state index contributed by atoms with van der Waals surface area (Å²) in [5, 5.41) is 5.39. The number of amides is 4. The molecule has 0 bridgehead atoms. The van der Waals surface area contributed by atoms with Gasteiger partial charge in [0, 0.05) is 5.69 Å². The van der Waals surface area contributed by atoms with E-state index in [4.69, 9.17) is 0 Å². The summed E-state index contributed by atoms with van der Waals surface area (Å²) in [5.74, 6) is -1.94. The van der Waals surface area contributed by atoms with Crippen LogP contribution < -0.4 is 10.6 Å². The molecule has 164 valence electrons. The highest BCUT2D eigenvalue weighted by Crippen LogP contribution is 2.35. The lowest BCUT2D eigenvalue weighted by Crippen LogP contribution is -2.44. The molecule has 2 heterocycles. The number of H-pyrrole nitrogens is 1. The highest BCUT2D eigenvalue weighted by Gasteiger charge is 2.52. The summed E-state index contributed by atoms with van der Waals surface area (Å²) in [6.45, 7) is -0.396. The molecule has 1 aliphatic carbocycles. The summed E-state index contributed by atoms with van der Waals surface area (Å²) in [5.41, 5.74) is 0.529. The number of halogens is 2. The topological polar surface area (TPSA) is 107 Å². The third-order valence-electron chi connectivity index (χ3n) is 5.95. The molecule has 2 fully saturated rings. The smallest absolute Gasteiger partial charge is 0.325 e. The molecule has 1 aliphatic heterocycles. The van der Waals surface area contributed by atoms with Gasteiger partial charge in [0.05, 0.1) is 16.6 Å². The van der Waals surface area contributed by atoms with Crippen LogP contribution in [0.15, 0.2) is 36.4 Å². The van der Waals surface area contributed by atoms with Crippen LogP contribution in [0.5, 0.6) is 0 Å². The molecule has 1 saturated carbocycles. The first-order valence-electron chi connectivity index (χ1n) is 10.2. The lowest BCUT2D eigenvalue weighted by Gasteiger charge is -2.19. The van der Waals surface area contributed by atoms with Gasteiger partial charge in [-0.3, -0.25) is 14.5 Å². The fraction of sp³-hybridized carbons (Fsp3) is 0.273. The molecular formula is C22H19F2N5O3. The lowest BCUT2D eigenvalue weighted by molar-refractivity contribution is -0.133. The number of fused-ring (bicyclic) bond motifs is 1. The number of imide groups is 1. The summed E-state index contributed by atoms with van der Waals surface area (Å²) >= 11 is 0. The van der Waals surface area contributed by atoms with E-state index in [2.05, 4.69) is 20.6 Å². The Balaban J connectivity index is 1.32. The number of carbonyl (C=O) groups is 3. The Morgan fingerprint density at radius 1 is 1.12 bits per heavy atom. The Hall–Kier alpha value is -3.82. The first-order chi connectivity index (χ1) is 15.3. The van der Waals surface area contributed by atoms with Crippen LogP contribution >= 0.6 is 0 Å². The minimum Gasteiger partial charge on any atom is -0.338 e. The number of anilines is 1. The number of carbonyl (C=O) groups excluding carboxylic acids is 3. The maximum Gasteiger partial charge on any atom is 0.325 e. The number of urea groups is 1. The Morgan fingerprint density at radius 3 is 2.69 bits per heavy atom. The zero-order valence-corrected chi connectivity index (χ0v) is 16.9. The number of rotatable bonds is 4. The van der Waals surface area contributed by atoms with Gasteiger partial charge in [0.2, 0.25) is 5.91 Å². The van der Waals surface area contributed by atoms with Crippen molar-refractivity contribution in [3.05, 3.63) is 48.0 Å². The monoisotopic (exact) mass is 439 g/mol. The molecule has 1 aromatic heterocycles. The maximum absolute atomic E-state index is 14.1. The van der Waals surface area contributed by atoms with Gasteiger partial charge >= 0.3 is 6.03 Å². The van der Waals surface area contributed by atoms with E-state index in [0.717, 1.165) is 35.9 Å². The van der Waals surface area contributed by atoms with Crippen LogP contribution in [0.25, 0.3) is 22.4 Å². The molecule has 5 rings (SSSR count). The average Bonchev–Trinajstić information content (AvgIpc) is 3.45. The summed E-state index contributed by atoms with van der Waals surface area (Å²) < 4.78 is 27.6. The van der Waals surface area contributed by atoms with Crippen molar-refractivity contribution in [2.24, 2.45) is 0 Å². The molecular weight excluding hydrogens is 420 g/mol. The minimum absolute atomic E-state index is 0.00816. The van der Waals surface area contributed by atoms with Crippen LogP contribution in [0.3, 0.4) is 0 Å². The third-order valence-corrected chi connectivity index (χ3v) is 5.95. The van der Waals surface area contributed by atoms with Gasteiger partial charge in [0.25, 0.3) is 5.91 Å². The minimum atomic E-state index is -0.866. The first-order valence-corrected chi connectivity index (χ1v) is 10.2. The van der Waals surface area contributed by atoms with Crippen LogP contribution in [0.4, 0.5) is 19.3 Å². The molecule has 0 unspecified atom stereocenters. The molecule has 32 heavy (non-hydrogen) atoms. The molecule has 0 atom stereocenters. The van der Waals surface area contributed by atoms with Crippen molar-refractivity contribution in [1.82, 2.24) is 20.2 Å². The average molecular weight is 439 g/mol. The number of nitrogens with one attached hydrogen (secondary N) is 3. The zero-order valence-electron chi connectivity index (χ0n) is 16.9. The van der Waals surface area contributed by atoms with Crippen molar-refractivity contribution in [2.75, 3.05) is 11.9 Å². The number of aromatic nitrogens is 2. The molecule has 10 heteroatoms. The van der Waals surface area contributed by atoms with Gasteiger partial charge in [-0.05, 0) is 49.2 Å². The van der Waals surface area contributed by atoms with E-state index < -0.39 is 35.7 Å². The fourth-order valence-corrected chi connectivity index (χ4v) is 4.38. The molecule has 3 N–H and O–H groups in total. The van der Waals surface area contributed by atoms with E-state index in [1.807, 2.05) is 0 Å². The van der Waals surface area contributed by atoms with E-state index in [9.17, 15) is 23.2 Å². The molecule has 2 aromatic carbocycles. The highest BCUT2D eigenvalue weighted by molar-refractivity contribution is 6.10. The van der Waals surface area contributed by atoms with Crippen molar-refractivity contribution in [1.29, 1.82) is 0 Å². The third kappa shape index (κ3) is 3.37. The van der Waals surface area contributed by atoms with Crippen LogP contribution in [-0.2, 0) is 9.59 Å². The largest absolute Gasteiger partial charge is 0.338 e. The molecule has 2 aliphatic rings. The summed E-state index contributed by atoms with van der Waals surface area (Å²) in [4.78, 5) is 45.6. The van der Waals surface area contributed by atoms with Gasteiger partial charge in [0.15, 0.2) is 0 Å². The van der Waals surface area contributed by atoms with Crippen LogP contribution in [-0.4, -0.2) is 44.8 Å². The van der Waals surface area contributed by atoms with E-state index in [-0.39, 0.29) is 17.3 Å². The number of benzene rings is 2. The second-order valence-corrected chi connectivity index (χ2v) is 8.10. The second kappa shape index (κ2) is 7.40. The molecule has 1 spiro atoms. The van der Waals surface area contributed by atoms with Crippen molar-refractivity contribution < 1.29 is 23.2 Å². The van der Waals surface area contributed by atoms with E-state index >= 15 is 0 Å². The van der Waals surface area contributed by atoms with Crippen LogP contribution in [0, 0.1) is 11.6 Å². The van der Waals surface area contributed by atoms with Gasteiger partial charge in [-0.2, -0.15) is 0 Å². The van der Waals surface area contributed by atoms with E-state index in [1.54, 1.807) is 18.2 Å². The standard InChI is InChI=1S/C22H19F2N5O3/c23-12-3-5-15(24)14(9-12)19-26-16-6-4-13(10-17(16)27-19)25-18(30)11-29-20(31)22(28-21(29)32)7-1-2-8-22/h3-6,9-10H,1-2,7-8,11H2,(H,25,30)(H,26,27)(H,28,32). The normalized spacial score (nSPS) is 17.4. The molecule has 8 nitrogen and oxygen atoms in total. The highest BCUT2D eigenvalue weighted by atomic mass is 19.1. The van der Waals surface area contributed by atoms with Gasteiger partial charge < -0.3 is 15.6 Å². The van der Waals surface area contributed by atoms with E-state index in [1.165, 1.54) is 0 Å². The second-order valence-electron chi connectivity index (χ2n) is 8.10. The SMILES string of the molecule is O=C(CN1C(=O)NC2(CCCC2)C1=O)Nc1ccc2nc(-c3cc(F)ccc3F)[nH]c2c1. The number of aromatic amines is 1. The Morgan fingerprint density at radius 2 is 1.91 bits per heavy atom. The molecule has 0 radical (unpaired) electrons. The zero-order chi connectivity index (χ0) is 22.5. The van der Waals surface area contributed by atoms with E-state index in [0.29, 0.717) is 29.6 Å². The Labute approximate surface area is 181 Å². The van der Waals surface area contributed by atoms with Crippen molar-refractivity contribution in [3.63, 3.8) is 0 Å². The van der Waals surface area contributed by atoms with Crippen molar-refractivity contribution in [3.8, 4) is 11.4 Å².